The third kappa shape index (κ3) is 8.64. The molecule has 0 spiro atoms. The number of hydrogen-bond donors (Lipinski definition) is 3. The van der Waals surface area contributed by atoms with Crippen LogP contribution in [0, 0.1) is 7.14 Å². The van der Waals surface area contributed by atoms with Crippen LogP contribution < -0.4 is 19.6 Å². The molecule has 3 aromatic carbocycles. The van der Waals surface area contributed by atoms with Crippen LogP contribution in [0.4, 0.5) is 0 Å². The van der Waals surface area contributed by atoms with Gasteiger partial charge in [0.25, 0.3) is 5.91 Å². The molecule has 3 aromatic rings. The Labute approximate surface area is 247 Å². The number of methoxy groups -OCH3 is 1. The number of rotatable bonds is 12. The smallest absolute Gasteiger partial charge is 0.341 e. The van der Waals surface area contributed by atoms with E-state index in [2.05, 4.69) is 37.8 Å². The fourth-order valence-electron chi connectivity index (χ4n) is 3.24. The molecule has 10 nitrogen and oxygen atoms in total. The molecular formula is C25H23I2N3O7S. The first-order valence-electron chi connectivity index (χ1n) is 11.0. The van der Waals surface area contributed by atoms with Gasteiger partial charge in [-0.05, 0) is 99.1 Å². The summed E-state index contributed by atoms with van der Waals surface area (Å²) in [6.07, 6.45) is 1.46. The number of halogens is 2. The molecule has 0 saturated heterocycles. The lowest BCUT2D eigenvalue weighted by atomic mass is 10.1. The normalized spacial score (nSPS) is 12.2. The Bertz CT molecular complexity index is 1420. The van der Waals surface area contributed by atoms with Crippen molar-refractivity contribution in [2.75, 3.05) is 13.7 Å². The van der Waals surface area contributed by atoms with Crippen molar-refractivity contribution in [2.24, 2.45) is 5.10 Å². The topological polar surface area (TPSA) is 143 Å². The van der Waals surface area contributed by atoms with Crippen molar-refractivity contribution in [3.63, 3.8) is 0 Å². The maximum atomic E-state index is 13.0. The van der Waals surface area contributed by atoms with Crippen molar-refractivity contribution in [3.05, 3.63) is 85.0 Å². The van der Waals surface area contributed by atoms with E-state index < -0.39 is 34.5 Å². The highest BCUT2D eigenvalue weighted by Gasteiger charge is 2.26. The van der Waals surface area contributed by atoms with E-state index in [1.807, 2.05) is 28.7 Å². The zero-order chi connectivity index (χ0) is 27.7. The summed E-state index contributed by atoms with van der Waals surface area (Å²) in [5.41, 5.74) is 3.69. The predicted molar refractivity (Wildman–Crippen MR) is 158 cm³/mol. The number of hydrazone groups is 1. The minimum Gasteiger partial charge on any atom is -0.493 e. The number of carboxylic acid groups (broad SMARTS) is 1. The van der Waals surface area contributed by atoms with Crippen LogP contribution in [0.25, 0.3) is 0 Å². The number of ether oxygens (including phenoxy) is 2. The Hall–Kier alpha value is -2.76. The van der Waals surface area contributed by atoms with Crippen LogP contribution in [-0.2, 0) is 26.0 Å². The number of amides is 1. The van der Waals surface area contributed by atoms with E-state index in [-0.39, 0.29) is 22.8 Å². The van der Waals surface area contributed by atoms with Crippen molar-refractivity contribution in [2.45, 2.75) is 17.4 Å². The number of nitrogens with zero attached hydrogens (tertiary/aromatic N) is 1. The fourth-order valence-corrected chi connectivity index (χ4v) is 5.58. The summed E-state index contributed by atoms with van der Waals surface area (Å²) in [7, 11) is -2.58. The van der Waals surface area contributed by atoms with Crippen LogP contribution >= 0.6 is 45.2 Å². The molecule has 0 aromatic heterocycles. The summed E-state index contributed by atoms with van der Waals surface area (Å²) < 4.78 is 40.5. The highest BCUT2D eigenvalue weighted by molar-refractivity contribution is 14.1. The molecule has 0 saturated carbocycles. The van der Waals surface area contributed by atoms with Crippen molar-refractivity contribution >= 4 is 73.3 Å². The summed E-state index contributed by atoms with van der Waals surface area (Å²) in [6.45, 7) is -0.531. The summed E-state index contributed by atoms with van der Waals surface area (Å²) in [6, 6.07) is 17.4. The summed E-state index contributed by atoms with van der Waals surface area (Å²) >= 11 is 4.04. The van der Waals surface area contributed by atoms with Crippen LogP contribution in [0.3, 0.4) is 0 Å². The van der Waals surface area contributed by atoms with Crippen molar-refractivity contribution in [3.8, 4) is 11.5 Å². The molecule has 200 valence electrons. The second kappa shape index (κ2) is 13.9. The minimum atomic E-state index is -3.99. The largest absolute Gasteiger partial charge is 0.493 e. The monoisotopic (exact) mass is 763 g/mol. The van der Waals surface area contributed by atoms with E-state index in [1.165, 1.54) is 25.5 Å². The van der Waals surface area contributed by atoms with Gasteiger partial charge >= 0.3 is 5.97 Å². The maximum Gasteiger partial charge on any atom is 0.341 e. The molecule has 13 heteroatoms. The van der Waals surface area contributed by atoms with Gasteiger partial charge in [0.05, 0.1) is 21.8 Å². The summed E-state index contributed by atoms with van der Waals surface area (Å²) in [5.74, 6) is -1.22. The third-order valence-electron chi connectivity index (χ3n) is 5.00. The average molecular weight is 763 g/mol. The van der Waals surface area contributed by atoms with E-state index in [0.29, 0.717) is 9.13 Å². The van der Waals surface area contributed by atoms with E-state index in [1.54, 1.807) is 48.5 Å². The highest BCUT2D eigenvalue weighted by atomic mass is 127. The number of carbonyl (C=O) groups is 2. The molecule has 1 atom stereocenters. The second-order valence-corrected chi connectivity index (χ2v) is 11.9. The lowest BCUT2D eigenvalue weighted by Gasteiger charge is -2.17. The molecule has 3 rings (SSSR count). The molecule has 0 fully saturated rings. The predicted octanol–water partition coefficient (Wildman–Crippen LogP) is 3.41. The Morgan fingerprint density at radius 2 is 1.76 bits per heavy atom. The zero-order valence-corrected chi connectivity index (χ0v) is 25.1. The lowest BCUT2D eigenvalue weighted by molar-refractivity contribution is -0.139. The number of carboxylic acids is 1. The fraction of sp³-hybridized carbons (Fsp3) is 0.160. The Kier molecular flexibility index (Phi) is 10.9. The van der Waals surface area contributed by atoms with Gasteiger partial charge in [0, 0.05) is 3.57 Å². The molecule has 0 bridgehead atoms. The molecule has 0 aliphatic heterocycles. The first kappa shape index (κ1) is 29.8. The van der Waals surface area contributed by atoms with Gasteiger partial charge in [0.1, 0.15) is 6.04 Å². The summed E-state index contributed by atoms with van der Waals surface area (Å²) in [5, 5.41) is 12.8. The number of sulfonamides is 1. The molecule has 0 heterocycles. The first-order valence-corrected chi connectivity index (χ1v) is 14.6. The molecule has 0 unspecified atom stereocenters. The third-order valence-corrected chi connectivity index (χ3v) is 8.01. The van der Waals surface area contributed by atoms with Gasteiger partial charge in [-0.1, -0.05) is 30.3 Å². The lowest BCUT2D eigenvalue weighted by Crippen LogP contribution is -2.46. The zero-order valence-electron chi connectivity index (χ0n) is 19.9. The second-order valence-electron chi connectivity index (χ2n) is 7.77. The summed E-state index contributed by atoms with van der Waals surface area (Å²) in [4.78, 5) is 23.9. The van der Waals surface area contributed by atoms with Gasteiger partial charge in [-0.2, -0.15) is 9.82 Å². The SMILES string of the molecule is COc1cc(/C=N\NC(=O)[C@@H](Cc2ccccc2)NS(=O)(=O)c2ccc(I)cc2)cc(I)c1OCC(=O)O. The van der Waals surface area contributed by atoms with Gasteiger partial charge in [-0.3, -0.25) is 4.79 Å². The molecule has 38 heavy (non-hydrogen) atoms. The Morgan fingerprint density at radius 1 is 1.08 bits per heavy atom. The standard InChI is InChI=1S/C25H23I2N3O7S/c1-36-22-13-17(11-20(27)24(22)37-15-23(31)32)14-28-29-25(33)21(12-16-5-3-2-4-6-16)30-38(34,35)19-9-7-18(26)8-10-19/h2-11,13-14,21,30H,12,15H2,1H3,(H,29,33)(H,31,32)/b28-14-/t21-/m1/s1. The van der Waals surface area contributed by atoms with Crippen molar-refractivity contribution < 1.29 is 32.6 Å². The van der Waals surface area contributed by atoms with Gasteiger partial charge in [-0.15, -0.1) is 0 Å². The van der Waals surface area contributed by atoms with Gasteiger partial charge in [0.2, 0.25) is 10.0 Å². The van der Waals surface area contributed by atoms with E-state index in [4.69, 9.17) is 14.6 Å². The van der Waals surface area contributed by atoms with Gasteiger partial charge in [-0.25, -0.2) is 18.6 Å². The number of carbonyl (C=O) groups excluding carboxylic acids is 1. The first-order chi connectivity index (χ1) is 18.1. The van der Waals surface area contributed by atoms with Crippen LogP contribution in [0.5, 0.6) is 11.5 Å². The van der Waals surface area contributed by atoms with Crippen molar-refractivity contribution in [1.82, 2.24) is 10.1 Å². The molecule has 3 N–H and O–H groups in total. The van der Waals surface area contributed by atoms with E-state index >= 15 is 0 Å². The number of aliphatic carboxylic acids is 1. The molecule has 0 aliphatic carbocycles. The van der Waals surface area contributed by atoms with Crippen LogP contribution in [-0.4, -0.2) is 51.4 Å². The van der Waals surface area contributed by atoms with Crippen molar-refractivity contribution in [1.29, 1.82) is 0 Å². The van der Waals surface area contributed by atoms with E-state index in [0.717, 1.165) is 9.13 Å². The molecular weight excluding hydrogens is 740 g/mol. The van der Waals surface area contributed by atoms with Crippen LogP contribution in [0.2, 0.25) is 0 Å². The number of benzene rings is 3. The van der Waals surface area contributed by atoms with Crippen LogP contribution in [0.15, 0.2) is 76.7 Å². The van der Waals surface area contributed by atoms with E-state index in [9.17, 15) is 18.0 Å². The molecule has 0 radical (unpaired) electrons. The van der Waals surface area contributed by atoms with Gasteiger partial charge in [0.15, 0.2) is 18.1 Å². The Morgan fingerprint density at radius 3 is 2.39 bits per heavy atom. The van der Waals surface area contributed by atoms with Gasteiger partial charge < -0.3 is 14.6 Å². The average Bonchev–Trinajstić information content (AvgIpc) is 2.88. The molecule has 1 amide bonds. The highest BCUT2D eigenvalue weighted by Crippen LogP contribution is 2.33. The Balaban J connectivity index is 1.78. The maximum absolute atomic E-state index is 13.0. The minimum absolute atomic E-state index is 0.0409. The van der Waals surface area contributed by atoms with Crippen LogP contribution in [0.1, 0.15) is 11.1 Å². The molecule has 0 aliphatic rings. The number of hydrogen-bond acceptors (Lipinski definition) is 7. The quantitative estimate of drug-likeness (QED) is 0.146. The number of nitrogens with one attached hydrogen (secondary N) is 2.